The molecule has 2 aromatic heterocycles. The van der Waals surface area contributed by atoms with Crippen LogP contribution in [0.5, 0.6) is 0 Å². The Bertz CT molecular complexity index is 1120. The fraction of sp³-hybridized carbons (Fsp3) is 0.316. The minimum Gasteiger partial charge on any atom is -0.378 e. The lowest BCUT2D eigenvalue weighted by molar-refractivity contribution is 0.122. The van der Waals surface area contributed by atoms with Crippen molar-refractivity contribution in [1.82, 2.24) is 19.5 Å². The fourth-order valence-corrected chi connectivity index (χ4v) is 4.07. The molecule has 1 aliphatic rings. The third kappa shape index (κ3) is 4.69. The summed E-state index contributed by atoms with van der Waals surface area (Å²) in [5, 5.41) is 3.22. The third-order valence-electron chi connectivity index (χ3n) is 4.50. The van der Waals surface area contributed by atoms with E-state index in [1.54, 1.807) is 35.9 Å². The molecule has 0 bridgehead atoms. The molecule has 10 nitrogen and oxygen atoms in total. The van der Waals surface area contributed by atoms with E-state index in [0.29, 0.717) is 30.7 Å². The number of nitrogens with one attached hydrogen (secondary N) is 2. The lowest BCUT2D eigenvalue weighted by Crippen LogP contribution is -2.37. The highest BCUT2D eigenvalue weighted by atomic mass is 32.2. The Hall–Kier alpha value is -3.18. The number of anilines is 4. The monoisotopic (exact) mass is 429 g/mol. The second-order valence-corrected chi connectivity index (χ2v) is 8.61. The van der Waals surface area contributed by atoms with Gasteiger partial charge in [-0.3, -0.25) is 4.72 Å². The number of benzene rings is 1. The first-order chi connectivity index (χ1) is 14.4. The van der Waals surface area contributed by atoms with Crippen LogP contribution < -0.4 is 14.9 Å². The van der Waals surface area contributed by atoms with Gasteiger partial charge in [0.25, 0.3) is 10.0 Å². The van der Waals surface area contributed by atoms with Gasteiger partial charge in [0.05, 0.1) is 19.5 Å². The van der Waals surface area contributed by atoms with Gasteiger partial charge in [-0.2, -0.15) is 13.4 Å². The number of sulfonamides is 1. The van der Waals surface area contributed by atoms with Crippen LogP contribution in [0.1, 0.15) is 5.69 Å². The zero-order valence-corrected chi connectivity index (χ0v) is 17.6. The molecule has 0 atom stereocenters. The molecule has 1 aromatic carbocycles. The molecule has 1 aliphatic heterocycles. The van der Waals surface area contributed by atoms with Crippen LogP contribution in [-0.2, 0) is 21.8 Å². The van der Waals surface area contributed by atoms with Crippen molar-refractivity contribution >= 4 is 33.2 Å². The summed E-state index contributed by atoms with van der Waals surface area (Å²) >= 11 is 0. The van der Waals surface area contributed by atoms with Gasteiger partial charge in [-0.1, -0.05) is 0 Å². The van der Waals surface area contributed by atoms with Crippen molar-refractivity contribution in [2.45, 2.75) is 11.9 Å². The fourth-order valence-electron chi connectivity index (χ4n) is 3.03. The first kappa shape index (κ1) is 20.1. The number of morpholine rings is 1. The van der Waals surface area contributed by atoms with Crippen LogP contribution in [0, 0.1) is 6.92 Å². The standard InChI is InChI=1S/C19H23N7O3S/c1-14-11-17(23-19(21-14)26-7-9-29-10-8-26)22-15-3-5-16(6-4-15)24-30(27,28)18-12-25(2)13-20-18/h3-6,11-13,24H,7-10H2,1-2H3,(H,21,22,23). The molecule has 158 valence electrons. The Labute approximate surface area is 175 Å². The Morgan fingerprint density at radius 2 is 1.77 bits per heavy atom. The molecule has 0 unspecified atom stereocenters. The SMILES string of the molecule is Cc1cc(Nc2ccc(NS(=O)(=O)c3cn(C)cn3)cc2)nc(N2CCOCC2)n1. The Morgan fingerprint density at radius 3 is 2.43 bits per heavy atom. The molecule has 0 amide bonds. The molecule has 1 saturated heterocycles. The molecule has 1 fully saturated rings. The maximum Gasteiger partial charge on any atom is 0.280 e. The van der Waals surface area contributed by atoms with Gasteiger partial charge in [-0.25, -0.2) is 9.97 Å². The zero-order valence-electron chi connectivity index (χ0n) is 16.7. The number of hydrogen-bond donors (Lipinski definition) is 2. The van der Waals surface area contributed by atoms with Crippen LogP contribution >= 0.6 is 0 Å². The van der Waals surface area contributed by atoms with Crippen molar-refractivity contribution in [3.63, 3.8) is 0 Å². The summed E-state index contributed by atoms with van der Waals surface area (Å²) in [7, 11) is -2.01. The molecule has 3 aromatic rings. The summed E-state index contributed by atoms with van der Waals surface area (Å²) in [6.45, 7) is 4.76. The van der Waals surface area contributed by atoms with Crippen molar-refractivity contribution in [2.24, 2.45) is 7.05 Å². The number of rotatable bonds is 6. The Balaban J connectivity index is 1.46. The molecule has 0 radical (unpaired) electrons. The van der Waals surface area contributed by atoms with Gasteiger partial charge in [0.2, 0.25) is 5.95 Å². The predicted octanol–water partition coefficient (Wildman–Crippen LogP) is 1.90. The molecule has 0 aliphatic carbocycles. The van der Waals surface area contributed by atoms with Gasteiger partial charge in [-0.05, 0) is 31.2 Å². The van der Waals surface area contributed by atoms with Crippen LogP contribution in [0.2, 0.25) is 0 Å². The van der Waals surface area contributed by atoms with Crippen molar-refractivity contribution in [2.75, 3.05) is 41.2 Å². The maximum absolute atomic E-state index is 12.4. The van der Waals surface area contributed by atoms with Gasteiger partial charge < -0.3 is 19.5 Å². The Morgan fingerprint density at radius 1 is 1.07 bits per heavy atom. The number of aryl methyl sites for hydroxylation is 2. The third-order valence-corrected chi connectivity index (χ3v) is 5.77. The van der Waals surface area contributed by atoms with E-state index in [1.165, 1.54) is 12.5 Å². The average molecular weight is 430 g/mol. The summed E-state index contributed by atoms with van der Waals surface area (Å²) in [5.41, 5.74) is 2.08. The summed E-state index contributed by atoms with van der Waals surface area (Å²) in [5.74, 6) is 1.34. The van der Waals surface area contributed by atoms with Crippen molar-refractivity contribution in [1.29, 1.82) is 0 Å². The van der Waals surface area contributed by atoms with E-state index in [0.717, 1.165) is 24.5 Å². The lowest BCUT2D eigenvalue weighted by Gasteiger charge is -2.27. The number of ether oxygens (including phenoxy) is 1. The molecule has 0 spiro atoms. The normalized spacial score (nSPS) is 14.5. The van der Waals surface area contributed by atoms with E-state index < -0.39 is 10.0 Å². The molecule has 30 heavy (non-hydrogen) atoms. The first-order valence-corrected chi connectivity index (χ1v) is 10.9. The molecular formula is C19H23N7O3S. The number of hydrogen-bond acceptors (Lipinski definition) is 8. The molecule has 2 N–H and O–H groups in total. The lowest BCUT2D eigenvalue weighted by atomic mass is 10.3. The molecule has 11 heteroatoms. The van der Waals surface area contributed by atoms with Gasteiger partial charge in [0.1, 0.15) is 5.82 Å². The van der Waals surface area contributed by atoms with Gasteiger partial charge in [0, 0.05) is 49.5 Å². The molecule has 3 heterocycles. The largest absolute Gasteiger partial charge is 0.378 e. The summed E-state index contributed by atoms with van der Waals surface area (Å²) < 4.78 is 34.3. The second kappa shape index (κ2) is 8.28. The number of nitrogens with zero attached hydrogens (tertiary/aromatic N) is 5. The van der Waals surface area contributed by atoms with Crippen LogP contribution in [-0.4, -0.2) is 54.2 Å². The zero-order chi connectivity index (χ0) is 21.1. The van der Waals surface area contributed by atoms with E-state index in [2.05, 4.69) is 29.9 Å². The second-order valence-electron chi connectivity index (χ2n) is 6.98. The van der Waals surface area contributed by atoms with Crippen LogP contribution in [0.25, 0.3) is 0 Å². The molecular weight excluding hydrogens is 406 g/mol. The van der Waals surface area contributed by atoms with E-state index in [9.17, 15) is 8.42 Å². The van der Waals surface area contributed by atoms with Gasteiger partial charge in [0.15, 0.2) is 5.03 Å². The number of imidazole rings is 1. The number of aromatic nitrogens is 4. The van der Waals surface area contributed by atoms with Crippen LogP contribution in [0.15, 0.2) is 47.9 Å². The highest BCUT2D eigenvalue weighted by Crippen LogP contribution is 2.22. The predicted molar refractivity (Wildman–Crippen MR) is 114 cm³/mol. The van der Waals surface area contributed by atoms with E-state index in [-0.39, 0.29) is 5.03 Å². The van der Waals surface area contributed by atoms with Crippen LogP contribution in [0.4, 0.5) is 23.1 Å². The molecule has 0 saturated carbocycles. The highest BCUT2D eigenvalue weighted by Gasteiger charge is 2.17. The minimum atomic E-state index is -3.73. The first-order valence-electron chi connectivity index (χ1n) is 9.45. The highest BCUT2D eigenvalue weighted by molar-refractivity contribution is 7.92. The summed E-state index contributed by atoms with van der Waals surface area (Å²) in [4.78, 5) is 15.1. The summed E-state index contributed by atoms with van der Waals surface area (Å²) in [6.07, 6.45) is 2.89. The van der Waals surface area contributed by atoms with Gasteiger partial charge >= 0.3 is 0 Å². The Kier molecular flexibility index (Phi) is 5.55. The topological polar surface area (TPSA) is 114 Å². The minimum absolute atomic E-state index is 0.0284. The van der Waals surface area contributed by atoms with Crippen molar-refractivity contribution < 1.29 is 13.2 Å². The van der Waals surface area contributed by atoms with Crippen molar-refractivity contribution in [3.05, 3.63) is 48.5 Å². The quantitative estimate of drug-likeness (QED) is 0.611. The maximum atomic E-state index is 12.4. The average Bonchev–Trinajstić information content (AvgIpc) is 3.17. The van der Waals surface area contributed by atoms with E-state index >= 15 is 0 Å². The summed E-state index contributed by atoms with van der Waals surface area (Å²) in [6, 6.07) is 8.78. The van der Waals surface area contributed by atoms with Gasteiger partial charge in [-0.15, -0.1) is 0 Å². The van der Waals surface area contributed by atoms with E-state index in [4.69, 9.17) is 4.74 Å². The smallest absolute Gasteiger partial charge is 0.280 e. The van der Waals surface area contributed by atoms with Crippen molar-refractivity contribution in [3.8, 4) is 0 Å². The molecule has 4 rings (SSSR count). The van der Waals surface area contributed by atoms with Crippen LogP contribution in [0.3, 0.4) is 0 Å². The van der Waals surface area contributed by atoms with E-state index in [1.807, 2.05) is 13.0 Å².